The molecule has 1 aromatic heterocycles. The number of nitriles is 1. The Morgan fingerprint density at radius 3 is 2.82 bits per heavy atom. The first-order valence-corrected chi connectivity index (χ1v) is 2.50. The predicted molar refractivity (Wildman–Crippen MR) is 32.6 cm³/mol. The van der Waals surface area contributed by atoms with Gasteiger partial charge in [-0.05, 0) is 10.3 Å². The van der Waals surface area contributed by atoms with Crippen molar-refractivity contribution in [1.82, 2.24) is 10.3 Å². The van der Waals surface area contributed by atoms with Crippen molar-refractivity contribution in [2.24, 2.45) is 5.16 Å². The van der Waals surface area contributed by atoms with E-state index in [2.05, 4.69) is 20.1 Å². The highest BCUT2D eigenvalue weighted by atomic mass is 16.6. The van der Waals surface area contributed by atoms with Gasteiger partial charge in [0.2, 0.25) is 5.71 Å². The topological polar surface area (TPSA) is 121 Å². The first-order valence-electron chi connectivity index (χ1n) is 2.50. The lowest BCUT2D eigenvalue weighted by atomic mass is 10.3. The number of nitrogens with zero attached hydrogens (tertiary/aromatic N) is 4. The SMILES string of the molecule is N#C/C(=N/O)c1nonc1N. The fraction of sp³-hybridized carbons (Fsp3) is 0. The van der Waals surface area contributed by atoms with Gasteiger partial charge >= 0.3 is 0 Å². The average molecular weight is 153 g/mol. The summed E-state index contributed by atoms with van der Waals surface area (Å²) in [5.41, 5.74) is 4.79. The third-order valence-corrected chi connectivity index (χ3v) is 0.944. The second-order valence-electron chi connectivity index (χ2n) is 1.56. The minimum absolute atomic E-state index is 0.0602. The van der Waals surface area contributed by atoms with Gasteiger partial charge in [-0.1, -0.05) is 5.16 Å². The van der Waals surface area contributed by atoms with Gasteiger partial charge < -0.3 is 10.9 Å². The van der Waals surface area contributed by atoms with Crippen LogP contribution in [-0.4, -0.2) is 21.2 Å². The minimum atomic E-state index is -0.330. The van der Waals surface area contributed by atoms with Crippen molar-refractivity contribution < 1.29 is 9.84 Å². The Kier molecular flexibility index (Phi) is 1.69. The maximum atomic E-state index is 8.32. The zero-order chi connectivity index (χ0) is 8.27. The predicted octanol–water partition coefficient (Wildman–Crippen LogP) is -0.646. The highest BCUT2D eigenvalue weighted by Gasteiger charge is 2.13. The van der Waals surface area contributed by atoms with Gasteiger partial charge in [-0.15, -0.1) is 0 Å². The van der Waals surface area contributed by atoms with Gasteiger partial charge in [0.1, 0.15) is 6.07 Å². The summed E-state index contributed by atoms with van der Waals surface area (Å²) in [5.74, 6) is -0.0839. The summed E-state index contributed by atoms with van der Waals surface area (Å²) in [4.78, 5) is 0. The molecule has 1 aromatic rings. The molecule has 0 unspecified atom stereocenters. The largest absolute Gasteiger partial charge is 0.410 e. The molecule has 7 heteroatoms. The molecule has 1 rings (SSSR count). The molecule has 0 saturated carbocycles. The van der Waals surface area contributed by atoms with E-state index < -0.39 is 0 Å². The van der Waals surface area contributed by atoms with Crippen molar-refractivity contribution in [1.29, 1.82) is 5.26 Å². The number of hydrogen-bond donors (Lipinski definition) is 2. The van der Waals surface area contributed by atoms with Crippen molar-refractivity contribution in [3.63, 3.8) is 0 Å². The van der Waals surface area contributed by atoms with Gasteiger partial charge in [0.05, 0.1) is 0 Å². The highest BCUT2D eigenvalue weighted by Crippen LogP contribution is 2.04. The van der Waals surface area contributed by atoms with E-state index in [4.69, 9.17) is 16.2 Å². The van der Waals surface area contributed by atoms with Gasteiger partial charge in [0.25, 0.3) is 0 Å². The monoisotopic (exact) mass is 153 g/mol. The van der Waals surface area contributed by atoms with Crippen molar-refractivity contribution in [2.75, 3.05) is 5.73 Å². The number of nitrogens with two attached hydrogens (primary N) is 1. The van der Waals surface area contributed by atoms with E-state index in [0.29, 0.717) is 0 Å². The van der Waals surface area contributed by atoms with Crippen LogP contribution in [-0.2, 0) is 0 Å². The van der Waals surface area contributed by atoms with Crippen LogP contribution < -0.4 is 5.73 Å². The zero-order valence-electron chi connectivity index (χ0n) is 5.22. The van der Waals surface area contributed by atoms with Crippen molar-refractivity contribution in [2.45, 2.75) is 0 Å². The molecule has 11 heavy (non-hydrogen) atoms. The molecule has 0 aliphatic heterocycles. The summed E-state index contributed by atoms with van der Waals surface area (Å²) in [5, 5.41) is 25.6. The van der Waals surface area contributed by atoms with Crippen molar-refractivity contribution >= 4 is 11.5 Å². The lowest BCUT2D eigenvalue weighted by molar-refractivity contribution is 0.305. The average Bonchev–Trinajstić information content (AvgIpc) is 2.40. The molecular formula is C4H3N5O2. The van der Waals surface area contributed by atoms with E-state index in [-0.39, 0.29) is 17.2 Å². The number of oxime groups is 1. The fourth-order valence-electron chi connectivity index (χ4n) is 0.482. The lowest BCUT2D eigenvalue weighted by Crippen LogP contribution is -2.01. The second-order valence-corrected chi connectivity index (χ2v) is 1.56. The van der Waals surface area contributed by atoms with Gasteiger partial charge in [-0.3, -0.25) is 0 Å². The van der Waals surface area contributed by atoms with E-state index in [0.717, 1.165) is 0 Å². The third-order valence-electron chi connectivity index (χ3n) is 0.944. The highest BCUT2D eigenvalue weighted by molar-refractivity contribution is 6.12. The smallest absolute Gasteiger partial charge is 0.212 e. The van der Waals surface area contributed by atoms with Crippen LogP contribution in [0.15, 0.2) is 9.78 Å². The first-order chi connectivity index (χ1) is 5.29. The van der Waals surface area contributed by atoms with Gasteiger partial charge in [0, 0.05) is 0 Å². The molecule has 7 nitrogen and oxygen atoms in total. The van der Waals surface area contributed by atoms with E-state index in [1.807, 2.05) is 0 Å². The van der Waals surface area contributed by atoms with Crippen molar-refractivity contribution in [3.05, 3.63) is 5.69 Å². The number of rotatable bonds is 1. The maximum Gasteiger partial charge on any atom is 0.212 e. The summed E-state index contributed by atoms with van der Waals surface area (Å²) >= 11 is 0. The lowest BCUT2D eigenvalue weighted by Gasteiger charge is -1.84. The van der Waals surface area contributed by atoms with Crippen LogP contribution in [0.2, 0.25) is 0 Å². The Bertz CT molecular complexity index is 321. The normalized spacial score (nSPS) is 11.0. The zero-order valence-corrected chi connectivity index (χ0v) is 5.22. The van der Waals surface area contributed by atoms with E-state index >= 15 is 0 Å². The summed E-state index contributed by atoms with van der Waals surface area (Å²) in [7, 11) is 0. The molecular weight excluding hydrogens is 150 g/mol. The Hall–Kier alpha value is -2.10. The Balaban J connectivity index is 3.13. The second kappa shape index (κ2) is 2.66. The summed E-state index contributed by atoms with van der Waals surface area (Å²) in [6.45, 7) is 0. The quantitative estimate of drug-likeness (QED) is 0.314. The number of aromatic nitrogens is 2. The van der Waals surface area contributed by atoms with Crippen LogP contribution in [0.3, 0.4) is 0 Å². The summed E-state index contributed by atoms with van der Waals surface area (Å²) < 4.78 is 4.16. The molecule has 3 N–H and O–H groups in total. The van der Waals surface area contributed by atoms with E-state index in [9.17, 15) is 0 Å². The molecule has 0 amide bonds. The van der Waals surface area contributed by atoms with E-state index in [1.54, 1.807) is 6.07 Å². The standard InChI is InChI=1S/C4H3N5O2/c5-1-2(7-10)3-4(6)9-11-8-3/h10H,(H2,6,9)/b7-2-. The van der Waals surface area contributed by atoms with Gasteiger partial charge in [-0.2, -0.15) is 5.26 Å². The molecule has 0 fully saturated rings. The van der Waals surface area contributed by atoms with Gasteiger partial charge in [-0.25, -0.2) is 4.63 Å². The summed E-state index contributed by atoms with van der Waals surface area (Å²) in [6.07, 6.45) is 0. The summed E-state index contributed by atoms with van der Waals surface area (Å²) in [6, 6.07) is 1.55. The van der Waals surface area contributed by atoms with E-state index in [1.165, 1.54) is 0 Å². The van der Waals surface area contributed by atoms with Crippen LogP contribution in [0, 0.1) is 11.3 Å². The molecule has 0 atom stereocenters. The van der Waals surface area contributed by atoms with Crippen LogP contribution in [0.25, 0.3) is 0 Å². The molecule has 0 saturated heterocycles. The fourth-order valence-corrected chi connectivity index (χ4v) is 0.482. The third kappa shape index (κ3) is 1.09. The first kappa shape index (κ1) is 7.01. The molecule has 1 heterocycles. The minimum Gasteiger partial charge on any atom is -0.410 e. The Morgan fingerprint density at radius 2 is 2.45 bits per heavy atom. The molecule has 0 radical (unpaired) electrons. The number of anilines is 1. The molecule has 0 aliphatic rings. The number of hydrogen-bond acceptors (Lipinski definition) is 7. The van der Waals surface area contributed by atoms with Crippen LogP contribution in [0.5, 0.6) is 0 Å². The van der Waals surface area contributed by atoms with Gasteiger partial charge in [0.15, 0.2) is 11.5 Å². The molecule has 56 valence electrons. The van der Waals surface area contributed by atoms with Crippen LogP contribution in [0.4, 0.5) is 5.82 Å². The molecule has 0 spiro atoms. The Labute approximate surface area is 60.7 Å². The molecule has 0 aromatic carbocycles. The molecule has 0 aliphatic carbocycles. The number of nitrogen functional groups attached to an aromatic ring is 1. The Morgan fingerprint density at radius 1 is 1.73 bits per heavy atom. The maximum absolute atomic E-state index is 8.32. The van der Waals surface area contributed by atoms with Crippen molar-refractivity contribution in [3.8, 4) is 6.07 Å². The van der Waals surface area contributed by atoms with Crippen LogP contribution in [0.1, 0.15) is 5.69 Å². The molecule has 0 bridgehead atoms. The van der Waals surface area contributed by atoms with Crippen LogP contribution >= 0.6 is 0 Å².